The first-order chi connectivity index (χ1) is 6.55. The summed E-state index contributed by atoms with van der Waals surface area (Å²) in [4.78, 5) is 22.0. The average Bonchev–Trinajstić information content (AvgIpc) is 2.76. The van der Waals surface area contributed by atoms with Crippen molar-refractivity contribution in [3.05, 3.63) is 0 Å². The van der Waals surface area contributed by atoms with Gasteiger partial charge in [-0.25, -0.2) is 0 Å². The van der Waals surface area contributed by atoms with Gasteiger partial charge >= 0.3 is 11.9 Å². The number of hydrogen-bond acceptors (Lipinski definition) is 3. The van der Waals surface area contributed by atoms with Gasteiger partial charge in [-0.15, -0.1) is 0 Å². The van der Waals surface area contributed by atoms with Gasteiger partial charge in [0.1, 0.15) is 0 Å². The molecule has 0 aromatic heterocycles. The number of carboxylic acids is 2. The first-order valence-corrected chi connectivity index (χ1v) is 4.73. The molecule has 14 heavy (non-hydrogen) atoms. The van der Waals surface area contributed by atoms with Crippen molar-refractivity contribution in [3.8, 4) is 0 Å². The van der Waals surface area contributed by atoms with Crippen LogP contribution in [0.4, 0.5) is 0 Å². The van der Waals surface area contributed by atoms with Crippen molar-refractivity contribution < 1.29 is 19.8 Å². The lowest BCUT2D eigenvalue weighted by Gasteiger charge is -2.25. The van der Waals surface area contributed by atoms with E-state index in [-0.39, 0.29) is 0 Å². The van der Waals surface area contributed by atoms with Crippen LogP contribution in [0.3, 0.4) is 0 Å². The lowest BCUT2D eigenvalue weighted by atomic mass is 9.84. The number of carboxylic acid groups (broad SMARTS) is 2. The van der Waals surface area contributed by atoms with Gasteiger partial charge < -0.3 is 15.5 Å². The molecular weight excluding hydrogens is 186 g/mol. The summed E-state index contributed by atoms with van der Waals surface area (Å²) in [6.45, 7) is 1.45. The predicted molar refractivity (Wildman–Crippen MR) is 46.9 cm³/mol. The van der Waals surface area contributed by atoms with Gasteiger partial charge in [0.15, 0.2) is 5.41 Å². The Hall–Kier alpha value is -1.10. The van der Waals surface area contributed by atoms with Crippen molar-refractivity contribution >= 4 is 11.9 Å². The fourth-order valence-electron chi connectivity index (χ4n) is 2.67. The van der Waals surface area contributed by atoms with Crippen molar-refractivity contribution in [1.82, 2.24) is 5.32 Å². The van der Waals surface area contributed by atoms with E-state index in [1.807, 2.05) is 0 Å². The number of aliphatic carboxylic acids is 2. The molecule has 0 unspecified atom stereocenters. The van der Waals surface area contributed by atoms with Gasteiger partial charge in [-0.1, -0.05) is 0 Å². The molecule has 0 radical (unpaired) electrons. The Morgan fingerprint density at radius 1 is 1.07 bits per heavy atom. The lowest BCUT2D eigenvalue weighted by molar-refractivity contribution is -0.159. The van der Waals surface area contributed by atoms with E-state index in [0.29, 0.717) is 19.3 Å². The van der Waals surface area contributed by atoms with Crippen LogP contribution in [0.25, 0.3) is 0 Å². The molecule has 2 fully saturated rings. The highest BCUT2D eigenvalue weighted by Gasteiger charge is 2.76. The van der Waals surface area contributed by atoms with E-state index in [1.165, 1.54) is 0 Å². The zero-order chi connectivity index (χ0) is 10.4. The summed E-state index contributed by atoms with van der Waals surface area (Å²) >= 11 is 0. The number of hydrogen-bond donors (Lipinski definition) is 3. The molecule has 0 atom stereocenters. The van der Waals surface area contributed by atoms with Gasteiger partial charge in [0.2, 0.25) is 0 Å². The molecule has 0 aromatic carbocycles. The molecule has 1 aliphatic carbocycles. The summed E-state index contributed by atoms with van der Waals surface area (Å²) in [5.74, 6) is -2.35. The van der Waals surface area contributed by atoms with Crippen LogP contribution in [0.5, 0.6) is 0 Å². The first kappa shape index (κ1) is 9.45. The second-order valence-electron chi connectivity index (χ2n) is 4.22. The van der Waals surface area contributed by atoms with Gasteiger partial charge in [0, 0.05) is 5.41 Å². The molecule has 1 saturated heterocycles. The van der Waals surface area contributed by atoms with E-state index in [2.05, 4.69) is 5.32 Å². The first-order valence-electron chi connectivity index (χ1n) is 4.73. The van der Waals surface area contributed by atoms with Crippen molar-refractivity contribution in [2.75, 3.05) is 13.1 Å². The fraction of sp³-hybridized carbons (Fsp3) is 0.778. The number of carbonyl (C=O) groups is 2. The zero-order valence-corrected chi connectivity index (χ0v) is 7.75. The van der Waals surface area contributed by atoms with Crippen LogP contribution < -0.4 is 5.32 Å². The van der Waals surface area contributed by atoms with Crippen LogP contribution in [0.1, 0.15) is 19.3 Å². The van der Waals surface area contributed by atoms with Crippen LogP contribution in [-0.4, -0.2) is 35.2 Å². The lowest BCUT2D eigenvalue weighted by Crippen LogP contribution is -2.38. The van der Waals surface area contributed by atoms with Gasteiger partial charge in [-0.2, -0.15) is 0 Å². The Balaban J connectivity index is 2.26. The second kappa shape index (κ2) is 2.70. The number of nitrogens with one attached hydrogen (secondary N) is 1. The minimum atomic E-state index is -1.49. The van der Waals surface area contributed by atoms with E-state index >= 15 is 0 Å². The van der Waals surface area contributed by atoms with Crippen LogP contribution in [0.2, 0.25) is 0 Å². The standard InChI is InChI=1S/C9H13NO4/c11-6(12)9(7(13)14)5-8(9)1-3-10-4-2-8/h10H,1-5H2,(H,11,12)(H,13,14). The molecule has 1 spiro atoms. The second-order valence-corrected chi connectivity index (χ2v) is 4.22. The molecule has 0 bridgehead atoms. The van der Waals surface area contributed by atoms with Gasteiger partial charge in [0.05, 0.1) is 0 Å². The SMILES string of the molecule is O=C(O)C1(C(=O)O)CC12CCNCC2. The molecule has 0 aromatic rings. The van der Waals surface area contributed by atoms with Crippen LogP contribution >= 0.6 is 0 Å². The summed E-state index contributed by atoms with van der Waals surface area (Å²) in [6.07, 6.45) is 1.61. The van der Waals surface area contributed by atoms with E-state index < -0.39 is 22.8 Å². The highest BCUT2D eigenvalue weighted by atomic mass is 16.4. The number of piperidine rings is 1. The summed E-state index contributed by atoms with van der Waals surface area (Å²) in [7, 11) is 0. The molecule has 5 heteroatoms. The van der Waals surface area contributed by atoms with Crippen molar-refractivity contribution in [2.45, 2.75) is 19.3 Å². The van der Waals surface area contributed by atoms with Crippen molar-refractivity contribution in [2.24, 2.45) is 10.8 Å². The third-order valence-corrected chi connectivity index (χ3v) is 3.67. The molecule has 3 N–H and O–H groups in total. The normalized spacial score (nSPS) is 27.1. The molecule has 0 amide bonds. The zero-order valence-electron chi connectivity index (χ0n) is 7.75. The quantitative estimate of drug-likeness (QED) is 0.541. The van der Waals surface area contributed by atoms with Gasteiger partial charge in [0.25, 0.3) is 0 Å². The summed E-state index contributed by atoms with van der Waals surface area (Å²) in [6, 6.07) is 0. The maximum absolute atomic E-state index is 11.0. The Morgan fingerprint density at radius 3 is 1.93 bits per heavy atom. The maximum Gasteiger partial charge on any atom is 0.321 e. The fourth-order valence-corrected chi connectivity index (χ4v) is 2.67. The Bertz CT molecular complexity index is 279. The van der Waals surface area contributed by atoms with Crippen LogP contribution in [0, 0.1) is 10.8 Å². The topological polar surface area (TPSA) is 86.6 Å². The van der Waals surface area contributed by atoms with E-state index in [4.69, 9.17) is 10.2 Å². The van der Waals surface area contributed by atoms with Crippen LogP contribution in [0.15, 0.2) is 0 Å². The van der Waals surface area contributed by atoms with Gasteiger partial charge in [-0.3, -0.25) is 9.59 Å². The minimum Gasteiger partial charge on any atom is -0.480 e. The summed E-state index contributed by atoms with van der Waals surface area (Å²) in [5.41, 5.74) is -1.97. The third-order valence-electron chi connectivity index (χ3n) is 3.67. The largest absolute Gasteiger partial charge is 0.480 e. The predicted octanol–water partition coefficient (Wildman–Crippen LogP) is -0.0845. The molecule has 5 nitrogen and oxygen atoms in total. The molecular formula is C9H13NO4. The Kier molecular flexibility index (Phi) is 1.82. The average molecular weight is 199 g/mol. The molecule has 1 saturated carbocycles. The number of rotatable bonds is 2. The summed E-state index contributed by atoms with van der Waals surface area (Å²) < 4.78 is 0. The van der Waals surface area contributed by atoms with E-state index in [1.54, 1.807) is 0 Å². The molecule has 1 heterocycles. The van der Waals surface area contributed by atoms with Crippen molar-refractivity contribution in [3.63, 3.8) is 0 Å². The highest BCUT2D eigenvalue weighted by Crippen LogP contribution is 2.68. The Morgan fingerprint density at radius 2 is 1.57 bits per heavy atom. The highest BCUT2D eigenvalue weighted by molar-refractivity contribution is 6.03. The monoisotopic (exact) mass is 199 g/mol. The summed E-state index contributed by atoms with van der Waals surface area (Å²) in [5, 5.41) is 21.1. The van der Waals surface area contributed by atoms with E-state index in [0.717, 1.165) is 13.1 Å². The van der Waals surface area contributed by atoms with Crippen molar-refractivity contribution in [1.29, 1.82) is 0 Å². The third kappa shape index (κ3) is 0.930. The minimum absolute atomic E-state index is 0.298. The molecule has 78 valence electrons. The van der Waals surface area contributed by atoms with E-state index in [9.17, 15) is 9.59 Å². The van der Waals surface area contributed by atoms with Gasteiger partial charge in [-0.05, 0) is 32.4 Å². The molecule has 1 aliphatic heterocycles. The molecule has 2 rings (SSSR count). The maximum atomic E-state index is 11.0. The smallest absolute Gasteiger partial charge is 0.321 e. The molecule has 2 aliphatic rings. The Labute approximate surface area is 81.1 Å². The van der Waals surface area contributed by atoms with Crippen LogP contribution in [-0.2, 0) is 9.59 Å².